The maximum Gasteiger partial charge on any atom is 0.259 e. The summed E-state index contributed by atoms with van der Waals surface area (Å²) in [6.07, 6.45) is 6.34. The summed E-state index contributed by atoms with van der Waals surface area (Å²) in [4.78, 5) is 19.1. The van der Waals surface area contributed by atoms with Gasteiger partial charge >= 0.3 is 0 Å². The van der Waals surface area contributed by atoms with Crippen LogP contribution in [0.3, 0.4) is 0 Å². The molecule has 6 nitrogen and oxygen atoms in total. The summed E-state index contributed by atoms with van der Waals surface area (Å²) in [6.45, 7) is 6.89. The van der Waals surface area contributed by atoms with Crippen molar-refractivity contribution in [2.45, 2.75) is 25.4 Å². The maximum atomic E-state index is 13.0. The Labute approximate surface area is 148 Å². The number of ether oxygens (including phenoxy) is 3. The van der Waals surface area contributed by atoms with Crippen molar-refractivity contribution < 1.29 is 19.0 Å². The van der Waals surface area contributed by atoms with E-state index in [1.54, 1.807) is 24.4 Å². The van der Waals surface area contributed by atoms with E-state index in [0.29, 0.717) is 37.7 Å². The molecule has 3 heterocycles. The topological polar surface area (TPSA) is 60.9 Å². The van der Waals surface area contributed by atoms with Crippen LogP contribution in [0.4, 0.5) is 0 Å². The van der Waals surface area contributed by atoms with Crippen LogP contribution in [-0.4, -0.2) is 61.9 Å². The average molecular weight is 346 g/mol. The lowest BCUT2D eigenvalue weighted by Gasteiger charge is -2.50. The summed E-state index contributed by atoms with van der Waals surface area (Å²) < 4.78 is 17.1. The maximum absolute atomic E-state index is 13.0. The zero-order chi connectivity index (χ0) is 17.7. The molecule has 0 radical (unpaired) electrons. The predicted molar refractivity (Wildman–Crippen MR) is 93.7 cm³/mol. The van der Waals surface area contributed by atoms with Crippen LogP contribution in [0.5, 0.6) is 5.88 Å². The van der Waals surface area contributed by atoms with Gasteiger partial charge in [0.1, 0.15) is 5.56 Å². The Kier molecular flexibility index (Phi) is 5.71. The summed E-state index contributed by atoms with van der Waals surface area (Å²) in [5.74, 6) is 0.323. The highest BCUT2D eigenvalue weighted by Crippen LogP contribution is 2.41. The first-order chi connectivity index (χ1) is 12.2. The van der Waals surface area contributed by atoms with Crippen molar-refractivity contribution in [1.82, 2.24) is 9.88 Å². The van der Waals surface area contributed by atoms with Crippen LogP contribution >= 0.6 is 0 Å². The number of amides is 1. The third-order valence-electron chi connectivity index (χ3n) is 5.10. The molecular formula is C19H26N2O4. The summed E-state index contributed by atoms with van der Waals surface area (Å²) >= 11 is 0. The first-order valence-electron chi connectivity index (χ1n) is 8.79. The van der Waals surface area contributed by atoms with Crippen LogP contribution in [0, 0.1) is 5.41 Å². The highest BCUT2D eigenvalue weighted by molar-refractivity contribution is 5.96. The van der Waals surface area contributed by atoms with Gasteiger partial charge in [-0.3, -0.25) is 4.79 Å². The molecule has 6 heteroatoms. The number of pyridine rings is 1. The van der Waals surface area contributed by atoms with Crippen LogP contribution in [0.2, 0.25) is 0 Å². The molecule has 0 aliphatic carbocycles. The zero-order valence-corrected chi connectivity index (χ0v) is 14.8. The third kappa shape index (κ3) is 3.70. The molecule has 1 aromatic rings. The van der Waals surface area contributed by atoms with E-state index in [1.807, 2.05) is 4.90 Å². The van der Waals surface area contributed by atoms with Gasteiger partial charge in [-0.1, -0.05) is 6.08 Å². The number of aromatic nitrogens is 1. The molecule has 0 N–H and O–H groups in total. The molecule has 3 rings (SSSR count). The van der Waals surface area contributed by atoms with Gasteiger partial charge in [0.25, 0.3) is 5.91 Å². The Morgan fingerprint density at radius 1 is 1.60 bits per heavy atom. The fraction of sp³-hybridized carbons (Fsp3) is 0.579. The SMILES string of the molecule is C=CCOC[C@]12CCCO[C@@H]1CCN(C(=O)c1cccnc1OC)C2. The molecule has 0 unspecified atom stereocenters. The standard InChI is InChI=1S/C19H26N2O4/c1-3-11-24-14-19-8-5-12-25-16(19)7-10-21(13-19)18(22)15-6-4-9-20-17(15)23-2/h3-4,6,9,16H,1,5,7-8,10-14H2,2H3/t16-,19-/m1/s1. The normalized spacial score (nSPS) is 26.0. The Balaban J connectivity index is 1.79. The molecule has 136 valence electrons. The van der Waals surface area contributed by atoms with Crippen LogP contribution in [-0.2, 0) is 9.47 Å². The molecule has 2 aliphatic rings. The number of methoxy groups -OCH3 is 1. The monoisotopic (exact) mass is 346 g/mol. The van der Waals surface area contributed by atoms with Crippen LogP contribution in [0.15, 0.2) is 31.0 Å². The first-order valence-corrected chi connectivity index (χ1v) is 8.79. The van der Waals surface area contributed by atoms with Gasteiger partial charge in [-0.05, 0) is 31.4 Å². The molecule has 0 bridgehead atoms. The minimum Gasteiger partial charge on any atom is -0.480 e. The van der Waals surface area contributed by atoms with E-state index in [1.165, 1.54) is 7.11 Å². The number of carbonyl (C=O) groups excluding carboxylic acids is 1. The van der Waals surface area contributed by atoms with Crippen molar-refractivity contribution in [2.75, 3.05) is 40.0 Å². The molecule has 25 heavy (non-hydrogen) atoms. The number of rotatable bonds is 6. The molecule has 2 atom stereocenters. The number of fused-ring (bicyclic) bond motifs is 1. The lowest BCUT2D eigenvalue weighted by Crippen LogP contribution is -2.58. The largest absolute Gasteiger partial charge is 0.480 e. The van der Waals surface area contributed by atoms with Crippen molar-refractivity contribution >= 4 is 5.91 Å². The van der Waals surface area contributed by atoms with Gasteiger partial charge in [-0.2, -0.15) is 0 Å². The van der Waals surface area contributed by atoms with E-state index < -0.39 is 0 Å². The highest BCUT2D eigenvalue weighted by atomic mass is 16.5. The number of hydrogen-bond donors (Lipinski definition) is 0. The average Bonchev–Trinajstić information content (AvgIpc) is 2.67. The van der Waals surface area contributed by atoms with E-state index >= 15 is 0 Å². The molecule has 2 saturated heterocycles. The Bertz CT molecular complexity index is 621. The number of hydrogen-bond acceptors (Lipinski definition) is 5. The summed E-state index contributed by atoms with van der Waals surface area (Å²) in [7, 11) is 1.53. The van der Waals surface area contributed by atoms with E-state index in [0.717, 1.165) is 25.9 Å². The number of likely N-dealkylation sites (tertiary alicyclic amines) is 1. The van der Waals surface area contributed by atoms with E-state index in [4.69, 9.17) is 14.2 Å². The van der Waals surface area contributed by atoms with Crippen molar-refractivity contribution in [1.29, 1.82) is 0 Å². The number of carbonyl (C=O) groups is 1. The molecule has 1 aromatic heterocycles. The molecular weight excluding hydrogens is 320 g/mol. The van der Waals surface area contributed by atoms with Crippen molar-refractivity contribution in [3.8, 4) is 5.88 Å². The second-order valence-electron chi connectivity index (χ2n) is 6.70. The fourth-order valence-corrected chi connectivity index (χ4v) is 3.91. The van der Waals surface area contributed by atoms with Crippen LogP contribution in [0.25, 0.3) is 0 Å². The Morgan fingerprint density at radius 3 is 3.28 bits per heavy atom. The Hall–Kier alpha value is -1.92. The lowest BCUT2D eigenvalue weighted by molar-refractivity contribution is -0.144. The van der Waals surface area contributed by atoms with E-state index in [9.17, 15) is 4.79 Å². The number of nitrogens with zero attached hydrogens (tertiary/aromatic N) is 2. The van der Waals surface area contributed by atoms with Crippen LogP contribution in [0.1, 0.15) is 29.6 Å². The summed E-state index contributed by atoms with van der Waals surface area (Å²) in [6, 6.07) is 3.52. The minimum absolute atomic E-state index is 0.0444. The second kappa shape index (κ2) is 7.97. The first kappa shape index (κ1) is 17.9. The van der Waals surface area contributed by atoms with Gasteiger partial charge in [0.15, 0.2) is 0 Å². The summed E-state index contributed by atoms with van der Waals surface area (Å²) in [5.41, 5.74) is 0.354. The minimum atomic E-state index is -0.148. The van der Waals surface area contributed by atoms with Gasteiger partial charge in [0.2, 0.25) is 5.88 Å². The molecule has 2 aliphatic heterocycles. The van der Waals surface area contributed by atoms with Crippen LogP contribution < -0.4 is 4.74 Å². The van der Waals surface area contributed by atoms with Gasteiger partial charge in [0.05, 0.1) is 26.4 Å². The highest BCUT2D eigenvalue weighted by Gasteiger charge is 2.47. The molecule has 0 aromatic carbocycles. The van der Waals surface area contributed by atoms with E-state index in [-0.39, 0.29) is 17.4 Å². The summed E-state index contributed by atoms with van der Waals surface area (Å²) in [5, 5.41) is 0. The zero-order valence-electron chi connectivity index (χ0n) is 14.8. The van der Waals surface area contributed by atoms with Gasteiger partial charge < -0.3 is 19.1 Å². The van der Waals surface area contributed by atoms with Crippen molar-refractivity contribution in [3.05, 3.63) is 36.5 Å². The quantitative estimate of drug-likeness (QED) is 0.584. The predicted octanol–water partition coefficient (Wildman–Crippen LogP) is 2.30. The van der Waals surface area contributed by atoms with Gasteiger partial charge in [0, 0.05) is 31.3 Å². The second-order valence-corrected chi connectivity index (χ2v) is 6.70. The lowest BCUT2D eigenvalue weighted by atomic mass is 9.73. The molecule has 0 spiro atoms. The third-order valence-corrected chi connectivity index (χ3v) is 5.10. The molecule has 1 amide bonds. The number of piperidine rings is 1. The van der Waals surface area contributed by atoms with Crippen molar-refractivity contribution in [2.24, 2.45) is 5.41 Å². The smallest absolute Gasteiger partial charge is 0.259 e. The van der Waals surface area contributed by atoms with Crippen molar-refractivity contribution in [3.63, 3.8) is 0 Å². The Morgan fingerprint density at radius 2 is 2.48 bits per heavy atom. The van der Waals surface area contributed by atoms with Gasteiger partial charge in [-0.25, -0.2) is 4.98 Å². The fourth-order valence-electron chi connectivity index (χ4n) is 3.91. The van der Waals surface area contributed by atoms with E-state index in [2.05, 4.69) is 11.6 Å². The molecule has 0 saturated carbocycles. The molecule has 2 fully saturated rings. The van der Waals surface area contributed by atoms with Gasteiger partial charge in [-0.15, -0.1) is 6.58 Å².